The van der Waals surface area contributed by atoms with Gasteiger partial charge in [-0.25, -0.2) is 4.98 Å². The summed E-state index contributed by atoms with van der Waals surface area (Å²) in [6, 6.07) is 1.79. The highest BCUT2D eigenvalue weighted by molar-refractivity contribution is 9.10. The molecule has 108 valence electrons. The summed E-state index contributed by atoms with van der Waals surface area (Å²) in [6.07, 6.45) is 4.63. The third-order valence-corrected chi connectivity index (χ3v) is 5.01. The van der Waals surface area contributed by atoms with E-state index < -0.39 is 4.92 Å². The minimum Gasteiger partial charge on any atom is -0.396 e. The van der Waals surface area contributed by atoms with Crippen LogP contribution in [-0.4, -0.2) is 34.2 Å². The number of hydrogen-bond donors (Lipinski definition) is 1. The molecule has 4 rings (SSSR count). The van der Waals surface area contributed by atoms with E-state index in [2.05, 4.69) is 25.8 Å². The molecule has 0 amide bonds. The van der Waals surface area contributed by atoms with Crippen LogP contribution in [0.3, 0.4) is 0 Å². The van der Waals surface area contributed by atoms with Gasteiger partial charge in [-0.2, -0.15) is 0 Å². The molecular weight excluding hydrogens is 326 g/mol. The van der Waals surface area contributed by atoms with Crippen LogP contribution in [0.5, 0.6) is 0 Å². The monoisotopic (exact) mass is 341 g/mol. The molecule has 3 atom stereocenters. The van der Waals surface area contributed by atoms with Crippen LogP contribution in [0.2, 0.25) is 0 Å². The van der Waals surface area contributed by atoms with Gasteiger partial charge in [0, 0.05) is 31.2 Å². The molecule has 2 saturated heterocycles. The minimum atomic E-state index is -0.444. The SMILES string of the molecule is O=[N+]([O-])c1cnc(N2CC3CCC2C(CO)C3)c(Br)c1. The summed E-state index contributed by atoms with van der Waals surface area (Å²) in [7, 11) is 0. The van der Waals surface area contributed by atoms with Crippen molar-refractivity contribution in [2.24, 2.45) is 11.8 Å². The minimum absolute atomic E-state index is 0.0125. The lowest BCUT2D eigenvalue weighted by atomic mass is 9.73. The van der Waals surface area contributed by atoms with Crippen molar-refractivity contribution in [1.82, 2.24) is 4.98 Å². The molecule has 0 spiro atoms. The van der Waals surface area contributed by atoms with Crippen LogP contribution in [0.15, 0.2) is 16.7 Å². The number of aliphatic hydroxyl groups excluding tert-OH is 1. The lowest BCUT2D eigenvalue weighted by Gasteiger charge is -2.50. The zero-order valence-electron chi connectivity index (χ0n) is 10.9. The first kappa shape index (κ1) is 13.8. The van der Waals surface area contributed by atoms with Crippen LogP contribution < -0.4 is 4.90 Å². The van der Waals surface area contributed by atoms with Crippen molar-refractivity contribution >= 4 is 27.4 Å². The second kappa shape index (κ2) is 5.29. The molecular formula is C13H16BrN3O3. The highest BCUT2D eigenvalue weighted by Gasteiger charge is 2.41. The molecule has 3 unspecified atom stereocenters. The van der Waals surface area contributed by atoms with Crippen LogP contribution in [-0.2, 0) is 0 Å². The maximum atomic E-state index is 10.8. The first-order valence-electron chi connectivity index (χ1n) is 6.77. The second-order valence-corrected chi connectivity index (χ2v) is 6.45. The van der Waals surface area contributed by atoms with Gasteiger partial charge in [-0.15, -0.1) is 0 Å². The second-order valence-electron chi connectivity index (χ2n) is 5.60. The van der Waals surface area contributed by atoms with E-state index in [1.807, 2.05) is 0 Å². The highest BCUT2D eigenvalue weighted by atomic mass is 79.9. The van der Waals surface area contributed by atoms with Crippen LogP contribution >= 0.6 is 15.9 Å². The Morgan fingerprint density at radius 1 is 1.55 bits per heavy atom. The Labute approximate surface area is 125 Å². The fourth-order valence-corrected chi connectivity index (χ4v) is 4.07. The third-order valence-electron chi connectivity index (χ3n) is 4.43. The maximum absolute atomic E-state index is 10.8. The van der Waals surface area contributed by atoms with Crippen molar-refractivity contribution in [2.45, 2.75) is 25.3 Å². The number of nitrogens with zero attached hydrogens (tertiary/aromatic N) is 3. The Hall–Kier alpha value is -1.21. The molecule has 1 N–H and O–H groups in total. The summed E-state index contributed by atoms with van der Waals surface area (Å²) in [5, 5.41) is 20.3. The molecule has 1 saturated carbocycles. The topological polar surface area (TPSA) is 79.5 Å². The summed E-state index contributed by atoms with van der Waals surface area (Å²) in [5.74, 6) is 1.62. The van der Waals surface area contributed by atoms with Gasteiger partial charge in [-0.1, -0.05) is 0 Å². The average Bonchev–Trinajstić information content (AvgIpc) is 2.47. The van der Waals surface area contributed by atoms with Crippen molar-refractivity contribution in [2.75, 3.05) is 18.1 Å². The normalized spacial score (nSPS) is 28.7. The van der Waals surface area contributed by atoms with Crippen LogP contribution in [0.1, 0.15) is 19.3 Å². The molecule has 7 heteroatoms. The first-order valence-corrected chi connectivity index (χ1v) is 7.57. The van der Waals surface area contributed by atoms with E-state index in [1.165, 1.54) is 18.7 Å². The van der Waals surface area contributed by atoms with E-state index >= 15 is 0 Å². The standard InChI is InChI=1S/C13H16BrN3O3/c14-11-4-10(17(19)20)5-15-13(11)16-6-8-1-2-12(16)9(3-8)7-18/h4-5,8-9,12,18H,1-3,6-7H2. The summed E-state index contributed by atoms with van der Waals surface area (Å²) in [6.45, 7) is 1.12. The summed E-state index contributed by atoms with van der Waals surface area (Å²) in [4.78, 5) is 16.8. The number of halogens is 1. The van der Waals surface area contributed by atoms with Crippen LogP contribution in [0, 0.1) is 22.0 Å². The van der Waals surface area contributed by atoms with Gasteiger partial charge < -0.3 is 10.0 Å². The van der Waals surface area contributed by atoms with Gasteiger partial charge in [-0.05, 0) is 41.1 Å². The number of nitro groups is 1. The van der Waals surface area contributed by atoms with Crippen LogP contribution in [0.25, 0.3) is 0 Å². The molecule has 2 bridgehead atoms. The third kappa shape index (κ3) is 2.29. The summed E-state index contributed by atoms with van der Waals surface area (Å²) < 4.78 is 0.649. The van der Waals surface area contributed by atoms with Gasteiger partial charge in [0.1, 0.15) is 12.0 Å². The number of anilines is 1. The Kier molecular flexibility index (Phi) is 3.64. The van der Waals surface area contributed by atoms with Crippen molar-refractivity contribution in [3.8, 4) is 0 Å². The number of rotatable bonds is 3. The zero-order chi connectivity index (χ0) is 14.3. The summed E-state index contributed by atoms with van der Waals surface area (Å²) in [5.41, 5.74) is -0.0125. The predicted molar refractivity (Wildman–Crippen MR) is 77.6 cm³/mol. The lowest BCUT2D eigenvalue weighted by Crippen LogP contribution is -2.54. The molecule has 3 fully saturated rings. The largest absolute Gasteiger partial charge is 0.396 e. The van der Waals surface area contributed by atoms with E-state index in [4.69, 9.17) is 0 Å². The van der Waals surface area contributed by atoms with Gasteiger partial charge in [0.2, 0.25) is 0 Å². The molecule has 1 aromatic rings. The van der Waals surface area contributed by atoms with Gasteiger partial charge in [-0.3, -0.25) is 10.1 Å². The van der Waals surface area contributed by atoms with Gasteiger partial charge in [0.15, 0.2) is 0 Å². The highest BCUT2D eigenvalue weighted by Crippen LogP contribution is 2.42. The quantitative estimate of drug-likeness (QED) is 0.674. The number of piperidine rings is 2. The molecule has 0 radical (unpaired) electrons. The summed E-state index contributed by atoms with van der Waals surface area (Å²) >= 11 is 3.39. The van der Waals surface area contributed by atoms with E-state index in [0.29, 0.717) is 10.4 Å². The van der Waals surface area contributed by atoms with E-state index in [0.717, 1.165) is 25.2 Å². The van der Waals surface area contributed by atoms with Crippen molar-refractivity contribution in [3.05, 3.63) is 26.9 Å². The predicted octanol–water partition coefficient (Wildman–Crippen LogP) is 2.35. The number of fused-ring (bicyclic) bond motifs is 3. The van der Waals surface area contributed by atoms with E-state index in [-0.39, 0.29) is 24.3 Å². The van der Waals surface area contributed by atoms with Gasteiger partial charge in [0.25, 0.3) is 5.69 Å². The molecule has 1 aromatic heterocycles. The Bertz CT molecular complexity index is 540. The lowest BCUT2D eigenvalue weighted by molar-refractivity contribution is -0.385. The molecule has 20 heavy (non-hydrogen) atoms. The smallest absolute Gasteiger partial charge is 0.288 e. The van der Waals surface area contributed by atoms with E-state index in [9.17, 15) is 15.2 Å². The van der Waals surface area contributed by atoms with Crippen LogP contribution in [0.4, 0.5) is 11.5 Å². The molecule has 3 heterocycles. The number of pyridine rings is 1. The number of aliphatic hydroxyl groups is 1. The number of hydrogen-bond acceptors (Lipinski definition) is 5. The van der Waals surface area contributed by atoms with Crippen molar-refractivity contribution in [1.29, 1.82) is 0 Å². The average molecular weight is 342 g/mol. The molecule has 6 nitrogen and oxygen atoms in total. The Morgan fingerprint density at radius 2 is 2.35 bits per heavy atom. The Morgan fingerprint density at radius 3 is 2.95 bits per heavy atom. The molecule has 1 aliphatic carbocycles. The number of aromatic nitrogens is 1. The van der Waals surface area contributed by atoms with Gasteiger partial charge in [0.05, 0.1) is 9.40 Å². The van der Waals surface area contributed by atoms with Crippen molar-refractivity contribution in [3.63, 3.8) is 0 Å². The first-order chi connectivity index (χ1) is 9.60. The molecule has 0 aromatic carbocycles. The molecule has 2 aliphatic heterocycles. The van der Waals surface area contributed by atoms with E-state index in [1.54, 1.807) is 0 Å². The zero-order valence-corrected chi connectivity index (χ0v) is 12.5. The molecule has 3 aliphatic rings. The fraction of sp³-hybridized carbons (Fsp3) is 0.615. The Balaban J connectivity index is 1.91. The maximum Gasteiger partial charge on any atom is 0.288 e. The van der Waals surface area contributed by atoms with Gasteiger partial charge >= 0.3 is 0 Å². The fourth-order valence-electron chi connectivity index (χ4n) is 3.51. The van der Waals surface area contributed by atoms with Crippen molar-refractivity contribution < 1.29 is 10.0 Å².